The van der Waals surface area contributed by atoms with E-state index in [0.29, 0.717) is 17.0 Å². The Bertz CT molecular complexity index is 1660. The van der Waals surface area contributed by atoms with Crippen LogP contribution in [0.25, 0.3) is 32.7 Å². The molecule has 0 aliphatic rings. The van der Waals surface area contributed by atoms with Crippen molar-refractivity contribution in [3.63, 3.8) is 0 Å². The number of carbonyl (C=O) groups excluding carboxylic acids is 1. The number of benzene rings is 3. The van der Waals surface area contributed by atoms with Gasteiger partial charge in [-0.15, -0.1) is 0 Å². The number of rotatable bonds is 4. The van der Waals surface area contributed by atoms with E-state index in [-0.39, 0.29) is 5.82 Å². The molecule has 0 atom stereocenters. The Morgan fingerprint density at radius 1 is 0.788 bits per heavy atom. The molecule has 6 aromatic rings. The minimum atomic E-state index is -0.411. The summed E-state index contributed by atoms with van der Waals surface area (Å²) in [5.74, 6) is 0.199. The summed E-state index contributed by atoms with van der Waals surface area (Å²) in [7, 11) is 0. The number of amides is 1. The van der Waals surface area contributed by atoms with E-state index in [1.54, 1.807) is 12.4 Å². The standard InChI is InChI=1S/C25H17N7O/c33-25(29-18-11-15-5-1-3-7-20(15)26-14-18)24-30-22-8-4-2-6-19(22)23(31-24)28-17-9-10-21-16(12-17)13-27-32-21/h1-14H,(H,27,32)(H,29,33)(H,28,30,31). The molecule has 8 heteroatoms. The van der Waals surface area contributed by atoms with Crippen LogP contribution in [0.15, 0.2) is 85.2 Å². The highest BCUT2D eigenvalue weighted by Crippen LogP contribution is 2.26. The van der Waals surface area contributed by atoms with Crippen LogP contribution >= 0.6 is 0 Å². The summed E-state index contributed by atoms with van der Waals surface area (Å²) >= 11 is 0. The summed E-state index contributed by atoms with van der Waals surface area (Å²) in [5, 5.41) is 15.9. The third-order valence-electron chi connectivity index (χ3n) is 5.36. The second-order valence-electron chi connectivity index (χ2n) is 7.58. The van der Waals surface area contributed by atoms with Crippen molar-refractivity contribution in [1.29, 1.82) is 0 Å². The number of anilines is 3. The zero-order valence-corrected chi connectivity index (χ0v) is 17.3. The second kappa shape index (κ2) is 7.69. The molecule has 0 saturated heterocycles. The van der Waals surface area contributed by atoms with Gasteiger partial charge in [0.15, 0.2) is 0 Å². The number of carbonyl (C=O) groups is 1. The van der Waals surface area contributed by atoms with Gasteiger partial charge < -0.3 is 10.6 Å². The van der Waals surface area contributed by atoms with Crippen molar-refractivity contribution in [2.45, 2.75) is 0 Å². The molecular weight excluding hydrogens is 414 g/mol. The van der Waals surface area contributed by atoms with Gasteiger partial charge in [0.25, 0.3) is 5.91 Å². The van der Waals surface area contributed by atoms with E-state index in [1.165, 1.54) is 0 Å². The molecule has 0 radical (unpaired) electrons. The molecule has 33 heavy (non-hydrogen) atoms. The fourth-order valence-corrected chi connectivity index (χ4v) is 3.76. The molecule has 3 heterocycles. The van der Waals surface area contributed by atoms with Crippen molar-refractivity contribution >= 4 is 55.8 Å². The molecule has 3 aromatic carbocycles. The van der Waals surface area contributed by atoms with Crippen LogP contribution < -0.4 is 10.6 Å². The summed E-state index contributed by atoms with van der Waals surface area (Å²) < 4.78 is 0. The molecule has 3 aromatic heterocycles. The van der Waals surface area contributed by atoms with E-state index >= 15 is 0 Å². The van der Waals surface area contributed by atoms with Crippen molar-refractivity contribution in [2.24, 2.45) is 0 Å². The zero-order valence-electron chi connectivity index (χ0n) is 17.3. The van der Waals surface area contributed by atoms with Gasteiger partial charge in [-0.2, -0.15) is 5.10 Å². The molecule has 8 nitrogen and oxygen atoms in total. The first-order valence-corrected chi connectivity index (χ1v) is 10.4. The molecule has 0 fully saturated rings. The smallest absolute Gasteiger partial charge is 0.293 e. The summed E-state index contributed by atoms with van der Waals surface area (Å²) in [6.07, 6.45) is 3.38. The van der Waals surface area contributed by atoms with Gasteiger partial charge in [0.1, 0.15) is 5.82 Å². The number of aromatic amines is 1. The SMILES string of the molecule is O=C(Nc1cnc2ccccc2c1)c1nc(Nc2ccc3[nH]ncc3c2)c2ccccc2n1. The molecular formula is C25H17N7O. The highest BCUT2D eigenvalue weighted by atomic mass is 16.2. The van der Waals surface area contributed by atoms with Crippen LogP contribution in [0.5, 0.6) is 0 Å². The number of H-pyrrole nitrogens is 1. The summed E-state index contributed by atoms with van der Waals surface area (Å²) in [6, 6.07) is 23.0. The van der Waals surface area contributed by atoms with Crippen LogP contribution in [0.4, 0.5) is 17.2 Å². The summed E-state index contributed by atoms with van der Waals surface area (Å²) in [6.45, 7) is 0. The lowest BCUT2D eigenvalue weighted by Gasteiger charge is -2.11. The maximum atomic E-state index is 13.0. The lowest BCUT2D eigenvalue weighted by atomic mass is 10.2. The van der Waals surface area contributed by atoms with Crippen LogP contribution in [0.1, 0.15) is 10.6 Å². The topological polar surface area (TPSA) is 108 Å². The molecule has 158 valence electrons. The number of nitrogens with one attached hydrogen (secondary N) is 3. The molecule has 0 aliphatic carbocycles. The molecule has 0 bridgehead atoms. The minimum absolute atomic E-state index is 0.0637. The van der Waals surface area contributed by atoms with Gasteiger partial charge in [0.2, 0.25) is 5.82 Å². The third-order valence-corrected chi connectivity index (χ3v) is 5.36. The first kappa shape index (κ1) is 18.9. The predicted octanol–water partition coefficient (Wildman–Crippen LogP) is 5.05. The van der Waals surface area contributed by atoms with Crippen LogP contribution in [-0.2, 0) is 0 Å². The molecule has 0 aliphatic heterocycles. The summed E-state index contributed by atoms with van der Waals surface area (Å²) in [4.78, 5) is 26.5. The quantitative estimate of drug-likeness (QED) is 0.360. The first-order valence-electron chi connectivity index (χ1n) is 10.4. The Morgan fingerprint density at radius 3 is 2.55 bits per heavy atom. The average molecular weight is 431 g/mol. The second-order valence-corrected chi connectivity index (χ2v) is 7.58. The van der Waals surface area contributed by atoms with Crippen LogP contribution in [-0.4, -0.2) is 31.1 Å². The minimum Gasteiger partial charge on any atom is -0.340 e. The largest absolute Gasteiger partial charge is 0.340 e. The predicted molar refractivity (Wildman–Crippen MR) is 129 cm³/mol. The lowest BCUT2D eigenvalue weighted by molar-refractivity contribution is 0.101. The maximum Gasteiger partial charge on any atom is 0.293 e. The molecule has 6 rings (SSSR count). The highest BCUT2D eigenvalue weighted by Gasteiger charge is 2.15. The molecule has 3 N–H and O–H groups in total. The Balaban J connectivity index is 1.36. The number of pyridine rings is 1. The lowest BCUT2D eigenvalue weighted by Crippen LogP contribution is -2.16. The van der Waals surface area contributed by atoms with Gasteiger partial charge in [-0.1, -0.05) is 30.3 Å². The monoisotopic (exact) mass is 431 g/mol. The molecule has 1 amide bonds. The van der Waals surface area contributed by atoms with Crippen LogP contribution in [0.2, 0.25) is 0 Å². The Labute approximate surface area is 187 Å². The van der Waals surface area contributed by atoms with Gasteiger partial charge in [0, 0.05) is 21.8 Å². The van der Waals surface area contributed by atoms with Crippen molar-refractivity contribution in [3.8, 4) is 0 Å². The Kier molecular flexibility index (Phi) is 4.40. The van der Waals surface area contributed by atoms with E-state index in [9.17, 15) is 4.79 Å². The third kappa shape index (κ3) is 3.59. The van der Waals surface area contributed by atoms with E-state index in [2.05, 4.69) is 35.8 Å². The van der Waals surface area contributed by atoms with Gasteiger partial charge in [0.05, 0.1) is 34.6 Å². The van der Waals surface area contributed by atoms with Crippen molar-refractivity contribution in [2.75, 3.05) is 10.6 Å². The number of hydrogen-bond acceptors (Lipinski definition) is 6. The van der Waals surface area contributed by atoms with E-state index in [4.69, 9.17) is 0 Å². The van der Waals surface area contributed by atoms with Gasteiger partial charge in [-0.25, -0.2) is 9.97 Å². The molecule has 0 unspecified atom stereocenters. The average Bonchev–Trinajstić information content (AvgIpc) is 3.32. The van der Waals surface area contributed by atoms with Crippen molar-refractivity contribution in [3.05, 3.63) is 91.0 Å². The number of nitrogens with zero attached hydrogens (tertiary/aromatic N) is 4. The summed E-state index contributed by atoms with van der Waals surface area (Å²) in [5.41, 5.74) is 3.88. The Hall–Kier alpha value is -4.85. The first-order chi connectivity index (χ1) is 16.2. The Morgan fingerprint density at radius 2 is 1.61 bits per heavy atom. The highest BCUT2D eigenvalue weighted by molar-refractivity contribution is 6.04. The number of hydrogen-bond donors (Lipinski definition) is 3. The normalized spacial score (nSPS) is 11.2. The number of para-hydroxylation sites is 2. The fourth-order valence-electron chi connectivity index (χ4n) is 3.76. The van der Waals surface area contributed by atoms with Crippen LogP contribution in [0.3, 0.4) is 0 Å². The van der Waals surface area contributed by atoms with E-state index in [1.807, 2.05) is 72.8 Å². The van der Waals surface area contributed by atoms with Crippen molar-refractivity contribution in [1.82, 2.24) is 25.1 Å². The molecule has 0 saturated carbocycles. The maximum absolute atomic E-state index is 13.0. The van der Waals surface area contributed by atoms with Crippen LogP contribution in [0, 0.1) is 0 Å². The zero-order chi connectivity index (χ0) is 22.2. The van der Waals surface area contributed by atoms with E-state index in [0.717, 1.165) is 32.9 Å². The number of fused-ring (bicyclic) bond motifs is 3. The fraction of sp³-hybridized carbons (Fsp3) is 0. The van der Waals surface area contributed by atoms with E-state index < -0.39 is 5.91 Å². The molecule has 0 spiro atoms. The van der Waals surface area contributed by atoms with Gasteiger partial charge in [-0.3, -0.25) is 14.9 Å². The van der Waals surface area contributed by atoms with Gasteiger partial charge in [-0.05, 0) is 42.5 Å². The van der Waals surface area contributed by atoms with Gasteiger partial charge >= 0.3 is 0 Å². The number of aromatic nitrogens is 5. The van der Waals surface area contributed by atoms with Crippen molar-refractivity contribution < 1.29 is 4.79 Å².